The van der Waals surface area contributed by atoms with Crippen molar-refractivity contribution in [3.8, 4) is 0 Å². The van der Waals surface area contributed by atoms with Crippen LogP contribution in [0.25, 0.3) is 11.2 Å². The molecule has 4 rings (SSSR count). The second-order valence-corrected chi connectivity index (χ2v) is 7.90. The maximum atomic E-state index is 12.9. The molecule has 0 atom stereocenters. The van der Waals surface area contributed by atoms with E-state index < -0.39 is 0 Å². The Kier molecular flexibility index (Phi) is 5.72. The lowest BCUT2D eigenvalue weighted by Gasteiger charge is -2.28. The molecule has 0 unspecified atom stereocenters. The average Bonchev–Trinajstić information content (AvgIpc) is 2.97. The number of rotatable bonds is 8. The summed E-state index contributed by atoms with van der Waals surface area (Å²) in [5.74, 6) is 0.953. The SMILES string of the molecule is O=C(CCCCc1nc2ccc(Cl)nc2n1C1CCC1)Cc1ccc(F)cc1. The van der Waals surface area contributed by atoms with E-state index in [1.165, 1.54) is 18.6 Å². The highest BCUT2D eigenvalue weighted by Crippen LogP contribution is 2.35. The van der Waals surface area contributed by atoms with Crippen LogP contribution in [0.4, 0.5) is 4.39 Å². The fourth-order valence-electron chi connectivity index (χ4n) is 3.73. The fraction of sp³-hybridized carbons (Fsp3) is 0.409. The maximum absolute atomic E-state index is 12.9. The third-order valence-corrected chi connectivity index (χ3v) is 5.65. The van der Waals surface area contributed by atoms with Gasteiger partial charge in [-0.3, -0.25) is 4.79 Å². The van der Waals surface area contributed by atoms with E-state index in [2.05, 4.69) is 9.55 Å². The quantitative estimate of drug-likeness (QED) is 0.372. The number of aromatic nitrogens is 3. The van der Waals surface area contributed by atoms with Gasteiger partial charge in [0.1, 0.15) is 28.1 Å². The maximum Gasteiger partial charge on any atom is 0.161 e. The zero-order valence-electron chi connectivity index (χ0n) is 15.7. The minimum atomic E-state index is -0.277. The van der Waals surface area contributed by atoms with Gasteiger partial charge >= 0.3 is 0 Å². The van der Waals surface area contributed by atoms with E-state index in [1.807, 2.05) is 6.07 Å². The number of imidazole rings is 1. The third kappa shape index (κ3) is 4.25. The molecule has 2 aromatic heterocycles. The number of unbranched alkanes of at least 4 members (excludes halogenated alkanes) is 1. The van der Waals surface area contributed by atoms with E-state index in [-0.39, 0.29) is 11.6 Å². The number of halogens is 2. The summed E-state index contributed by atoms with van der Waals surface area (Å²) in [7, 11) is 0. The molecule has 0 aliphatic heterocycles. The lowest BCUT2D eigenvalue weighted by Crippen LogP contribution is -2.19. The third-order valence-electron chi connectivity index (χ3n) is 5.44. The van der Waals surface area contributed by atoms with E-state index in [0.29, 0.717) is 24.0 Å². The number of aryl methyl sites for hydroxylation is 1. The zero-order valence-corrected chi connectivity index (χ0v) is 16.5. The van der Waals surface area contributed by atoms with E-state index in [9.17, 15) is 9.18 Å². The normalized spacial score (nSPS) is 14.4. The molecule has 2 heterocycles. The molecular formula is C22H23ClFN3O. The first-order chi connectivity index (χ1) is 13.6. The van der Waals surface area contributed by atoms with Crippen LogP contribution in [0.3, 0.4) is 0 Å². The summed E-state index contributed by atoms with van der Waals surface area (Å²) in [5, 5.41) is 0.492. The molecule has 0 saturated heterocycles. The number of nitrogens with zero attached hydrogens (tertiary/aromatic N) is 3. The lowest BCUT2D eigenvalue weighted by atomic mass is 9.92. The second kappa shape index (κ2) is 8.39. The largest absolute Gasteiger partial charge is 0.310 e. The van der Waals surface area contributed by atoms with Gasteiger partial charge in [0, 0.05) is 25.3 Å². The standard InChI is InChI=1S/C22H23ClFN3O/c23-20-13-12-19-22(26-20)27(17-4-3-5-17)21(25-19)7-2-1-6-18(28)14-15-8-10-16(24)11-9-15/h8-13,17H,1-7,14H2. The molecule has 0 N–H and O–H groups in total. The summed E-state index contributed by atoms with van der Waals surface area (Å²) < 4.78 is 15.2. The van der Waals surface area contributed by atoms with Gasteiger partial charge in [-0.15, -0.1) is 0 Å². The number of pyridine rings is 1. The van der Waals surface area contributed by atoms with Crippen LogP contribution in [-0.4, -0.2) is 20.3 Å². The molecule has 0 spiro atoms. The van der Waals surface area contributed by atoms with Crippen LogP contribution in [-0.2, 0) is 17.6 Å². The molecule has 6 heteroatoms. The van der Waals surface area contributed by atoms with Crippen LogP contribution in [0, 0.1) is 5.82 Å². The molecule has 0 bridgehead atoms. The average molecular weight is 400 g/mol. The van der Waals surface area contributed by atoms with Crippen molar-refractivity contribution in [2.75, 3.05) is 0 Å². The van der Waals surface area contributed by atoms with Gasteiger partial charge in [-0.1, -0.05) is 23.7 Å². The van der Waals surface area contributed by atoms with E-state index in [0.717, 1.165) is 54.7 Å². The van der Waals surface area contributed by atoms with Crippen LogP contribution in [0.5, 0.6) is 0 Å². The number of carbonyl (C=O) groups is 1. The van der Waals surface area contributed by atoms with Gasteiger partial charge in [0.15, 0.2) is 5.65 Å². The topological polar surface area (TPSA) is 47.8 Å². The van der Waals surface area contributed by atoms with E-state index >= 15 is 0 Å². The van der Waals surface area contributed by atoms with Gasteiger partial charge in [-0.25, -0.2) is 14.4 Å². The zero-order chi connectivity index (χ0) is 19.5. The smallest absolute Gasteiger partial charge is 0.161 e. The molecule has 1 aromatic carbocycles. The van der Waals surface area contributed by atoms with Gasteiger partial charge in [-0.2, -0.15) is 0 Å². The Morgan fingerprint density at radius 3 is 2.61 bits per heavy atom. The summed E-state index contributed by atoms with van der Waals surface area (Å²) in [6, 6.07) is 10.3. The van der Waals surface area contributed by atoms with Crippen molar-refractivity contribution in [1.29, 1.82) is 0 Å². The molecule has 4 nitrogen and oxygen atoms in total. The monoisotopic (exact) mass is 399 g/mol. The predicted octanol–water partition coefficient (Wildman–Crippen LogP) is 5.47. The first kappa shape index (κ1) is 19.1. The number of ketones is 1. The Morgan fingerprint density at radius 1 is 1.11 bits per heavy atom. The molecule has 1 aliphatic rings. The van der Waals surface area contributed by atoms with Crippen molar-refractivity contribution in [3.05, 3.63) is 58.8 Å². The molecule has 3 aromatic rings. The minimum Gasteiger partial charge on any atom is -0.310 e. The molecule has 0 amide bonds. The Bertz CT molecular complexity index is 979. The van der Waals surface area contributed by atoms with Gasteiger partial charge in [0.2, 0.25) is 0 Å². The van der Waals surface area contributed by atoms with Crippen molar-refractivity contribution in [2.24, 2.45) is 0 Å². The Labute approximate surface area is 168 Å². The molecular weight excluding hydrogens is 377 g/mol. The predicted molar refractivity (Wildman–Crippen MR) is 108 cm³/mol. The summed E-state index contributed by atoms with van der Waals surface area (Å²) in [5.41, 5.74) is 2.62. The number of Topliss-reactive ketones (excluding diaryl/α,β-unsaturated/α-hetero) is 1. The van der Waals surface area contributed by atoms with Crippen LogP contribution in [0.15, 0.2) is 36.4 Å². The Morgan fingerprint density at radius 2 is 1.89 bits per heavy atom. The first-order valence-electron chi connectivity index (χ1n) is 9.89. The molecule has 1 aliphatic carbocycles. The minimum absolute atomic E-state index is 0.188. The molecule has 1 saturated carbocycles. The number of hydrogen-bond acceptors (Lipinski definition) is 3. The van der Waals surface area contributed by atoms with Crippen molar-refractivity contribution in [1.82, 2.24) is 14.5 Å². The lowest BCUT2D eigenvalue weighted by molar-refractivity contribution is -0.118. The van der Waals surface area contributed by atoms with Gasteiger partial charge < -0.3 is 4.57 Å². The van der Waals surface area contributed by atoms with Gasteiger partial charge in [-0.05, 0) is 61.9 Å². The second-order valence-electron chi connectivity index (χ2n) is 7.51. The van der Waals surface area contributed by atoms with Crippen molar-refractivity contribution < 1.29 is 9.18 Å². The number of fused-ring (bicyclic) bond motifs is 1. The molecule has 28 heavy (non-hydrogen) atoms. The highest BCUT2D eigenvalue weighted by Gasteiger charge is 2.25. The van der Waals surface area contributed by atoms with Crippen LogP contribution >= 0.6 is 11.6 Å². The molecule has 146 valence electrons. The number of carbonyl (C=O) groups excluding carboxylic acids is 1. The van der Waals surface area contributed by atoms with E-state index in [1.54, 1.807) is 18.2 Å². The van der Waals surface area contributed by atoms with Crippen LogP contribution < -0.4 is 0 Å². The first-order valence-corrected chi connectivity index (χ1v) is 10.3. The van der Waals surface area contributed by atoms with Crippen molar-refractivity contribution >= 4 is 28.5 Å². The highest BCUT2D eigenvalue weighted by molar-refractivity contribution is 6.29. The fourth-order valence-corrected chi connectivity index (χ4v) is 3.87. The molecule has 0 radical (unpaired) electrons. The van der Waals surface area contributed by atoms with E-state index in [4.69, 9.17) is 16.6 Å². The summed E-state index contributed by atoms with van der Waals surface area (Å²) >= 11 is 6.09. The van der Waals surface area contributed by atoms with Crippen LogP contribution in [0.2, 0.25) is 5.15 Å². The van der Waals surface area contributed by atoms with Gasteiger partial charge in [0.25, 0.3) is 0 Å². The molecule has 1 fully saturated rings. The Balaban J connectivity index is 1.35. The van der Waals surface area contributed by atoms with Crippen molar-refractivity contribution in [2.45, 2.75) is 57.4 Å². The Hall–Kier alpha value is -2.27. The summed E-state index contributed by atoms with van der Waals surface area (Å²) in [4.78, 5) is 21.4. The highest BCUT2D eigenvalue weighted by atomic mass is 35.5. The van der Waals surface area contributed by atoms with Crippen molar-refractivity contribution in [3.63, 3.8) is 0 Å². The van der Waals surface area contributed by atoms with Crippen LogP contribution in [0.1, 0.15) is 56.0 Å². The van der Waals surface area contributed by atoms with Gasteiger partial charge in [0.05, 0.1) is 0 Å². The number of benzene rings is 1. The number of hydrogen-bond donors (Lipinski definition) is 0. The summed E-state index contributed by atoms with van der Waals surface area (Å²) in [6.45, 7) is 0. The summed E-state index contributed by atoms with van der Waals surface area (Å²) in [6.07, 6.45) is 7.00.